The fourth-order valence-corrected chi connectivity index (χ4v) is 1.82. The second-order valence-corrected chi connectivity index (χ2v) is 4.13. The minimum atomic E-state index is -0.197. The molecule has 0 N–H and O–H groups in total. The van der Waals surface area contributed by atoms with E-state index in [0.717, 1.165) is 6.42 Å². The van der Waals surface area contributed by atoms with Gasteiger partial charge in [0.1, 0.15) is 6.10 Å². The lowest BCUT2D eigenvalue weighted by Crippen LogP contribution is -2.33. The lowest BCUT2D eigenvalue weighted by molar-refractivity contribution is -0.157. The van der Waals surface area contributed by atoms with Crippen molar-refractivity contribution in [2.24, 2.45) is 5.92 Å². The first kappa shape index (κ1) is 9.93. The highest BCUT2D eigenvalue weighted by Gasteiger charge is 2.44. The molecule has 0 spiro atoms. The average Bonchev–Trinajstić information content (AvgIpc) is 2.69. The summed E-state index contributed by atoms with van der Waals surface area (Å²) in [5.74, 6) is -0.259. The molecule has 80 valence electrons. The third-order valence-corrected chi connectivity index (χ3v) is 2.66. The van der Waals surface area contributed by atoms with Crippen LogP contribution in [0.15, 0.2) is 0 Å². The Morgan fingerprint density at radius 1 is 1.43 bits per heavy atom. The number of hydrogen-bond acceptors (Lipinski definition) is 4. The largest absolute Gasteiger partial charge is 0.457 e. The van der Waals surface area contributed by atoms with Crippen LogP contribution in [0.3, 0.4) is 0 Å². The van der Waals surface area contributed by atoms with Crippen LogP contribution >= 0.6 is 0 Å². The Balaban J connectivity index is 1.90. The van der Waals surface area contributed by atoms with Gasteiger partial charge < -0.3 is 14.2 Å². The zero-order valence-electron chi connectivity index (χ0n) is 8.56. The molecule has 14 heavy (non-hydrogen) atoms. The van der Waals surface area contributed by atoms with Crippen LogP contribution < -0.4 is 0 Å². The van der Waals surface area contributed by atoms with Gasteiger partial charge in [-0.25, -0.2) is 0 Å². The van der Waals surface area contributed by atoms with Crippen molar-refractivity contribution < 1.29 is 19.0 Å². The molecule has 0 aliphatic carbocycles. The van der Waals surface area contributed by atoms with Crippen molar-refractivity contribution in [3.8, 4) is 0 Å². The molecule has 2 fully saturated rings. The van der Waals surface area contributed by atoms with Gasteiger partial charge >= 0.3 is 5.97 Å². The van der Waals surface area contributed by atoms with E-state index in [1.807, 2.05) is 13.8 Å². The zero-order chi connectivity index (χ0) is 10.1. The molecule has 4 nitrogen and oxygen atoms in total. The van der Waals surface area contributed by atoms with E-state index in [4.69, 9.17) is 14.2 Å². The lowest BCUT2D eigenvalue weighted by Gasteiger charge is -2.17. The van der Waals surface area contributed by atoms with E-state index in [9.17, 15) is 4.79 Å². The summed E-state index contributed by atoms with van der Waals surface area (Å²) in [5.41, 5.74) is 0. The molecule has 0 radical (unpaired) electrons. The molecule has 2 aliphatic heterocycles. The Morgan fingerprint density at radius 3 is 2.93 bits per heavy atom. The van der Waals surface area contributed by atoms with Gasteiger partial charge in [-0.05, 0) is 6.42 Å². The summed E-state index contributed by atoms with van der Waals surface area (Å²) in [6.45, 7) is 4.84. The number of ether oxygens (including phenoxy) is 3. The molecule has 2 heterocycles. The van der Waals surface area contributed by atoms with Crippen molar-refractivity contribution in [1.29, 1.82) is 0 Å². The number of carbonyl (C=O) groups is 1. The van der Waals surface area contributed by atoms with Gasteiger partial charge in [0.15, 0.2) is 6.10 Å². The zero-order valence-corrected chi connectivity index (χ0v) is 8.56. The molecule has 2 aliphatic rings. The van der Waals surface area contributed by atoms with E-state index in [-0.39, 0.29) is 30.2 Å². The van der Waals surface area contributed by atoms with Crippen LogP contribution in [-0.4, -0.2) is 37.5 Å². The molecule has 0 aromatic carbocycles. The van der Waals surface area contributed by atoms with Gasteiger partial charge in [0.05, 0.1) is 18.6 Å². The molecule has 3 atom stereocenters. The van der Waals surface area contributed by atoms with E-state index < -0.39 is 0 Å². The predicted octanol–water partition coefficient (Wildman–Crippen LogP) is 0.742. The van der Waals surface area contributed by atoms with E-state index >= 15 is 0 Å². The van der Waals surface area contributed by atoms with Crippen LogP contribution in [0.25, 0.3) is 0 Å². The van der Waals surface area contributed by atoms with Crippen molar-refractivity contribution in [2.75, 3.05) is 13.2 Å². The fourth-order valence-electron chi connectivity index (χ4n) is 1.82. The highest BCUT2D eigenvalue weighted by atomic mass is 16.6. The summed E-state index contributed by atoms with van der Waals surface area (Å²) in [7, 11) is 0. The average molecular weight is 200 g/mol. The quantitative estimate of drug-likeness (QED) is 0.617. The van der Waals surface area contributed by atoms with Gasteiger partial charge in [0.2, 0.25) is 0 Å². The van der Waals surface area contributed by atoms with E-state index in [1.165, 1.54) is 0 Å². The Hall–Kier alpha value is -0.610. The van der Waals surface area contributed by atoms with Crippen molar-refractivity contribution in [2.45, 2.75) is 38.6 Å². The Bertz CT molecular complexity index is 226. The minimum absolute atomic E-state index is 0.0299. The van der Waals surface area contributed by atoms with Gasteiger partial charge in [-0.3, -0.25) is 4.79 Å². The van der Waals surface area contributed by atoms with Crippen molar-refractivity contribution >= 4 is 5.97 Å². The highest BCUT2D eigenvalue weighted by Crippen LogP contribution is 2.28. The molecule has 0 unspecified atom stereocenters. The van der Waals surface area contributed by atoms with Crippen molar-refractivity contribution in [3.05, 3.63) is 0 Å². The van der Waals surface area contributed by atoms with E-state index in [0.29, 0.717) is 13.2 Å². The van der Waals surface area contributed by atoms with Crippen molar-refractivity contribution in [3.63, 3.8) is 0 Å². The minimum Gasteiger partial charge on any atom is -0.457 e. The first-order valence-electron chi connectivity index (χ1n) is 5.12. The summed E-state index contributed by atoms with van der Waals surface area (Å²) in [4.78, 5) is 11.4. The fraction of sp³-hybridized carbons (Fsp3) is 0.900. The molecular weight excluding hydrogens is 184 g/mol. The third-order valence-electron chi connectivity index (χ3n) is 2.66. The molecule has 0 aromatic heterocycles. The molecule has 0 aromatic rings. The van der Waals surface area contributed by atoms with Gasteiger partial charge in [0.25, 0.3) is 0 Å². The Labute approximate surface area is 83.5 Å². The van der Waals surface area contributed by atoms with Gasteiger partial charge in [0, 0.05) is 6.61 Å². The van der Waals surface area contributed by atoms with Gasteiger partial charge in [-0.1, -0.05) is 13.8 Å². The van der Waals surface area contributed by atoms with Crippen LogP contribution in [0.1, 0.15) is 20.3 Å². The maximum absolute atomic E-state index is 11.4. The summed E-state index contributed by atoms with van der Waals surface area (Å²) in [6, 6.07) is 0. The Kier molecular flexibility index (Phi) is 2.74. The smallest absolute Gasteiger partial charge is 0.308 e. The van der Waals surface area contributed by atoms with Crippen LogP contribution in [0.2, 0.25) is 0 Å². The topological polar surface area (TPSA) is 44.8 Å². The number of hydrogen-bond donors (Lipinski definition) is 0. The van der Waals surface area contributed by atoms with Crippen LogP contribution in [0.4, 0.5) is 0 Å². The lowest BCUT2D eigenvalue weighted by atomic mass is 10.1. The summed E-state index contributed by atoms with van der Waals surface area (Å²) < 4.78 is 16.2. The summed E-state index contributed by atoms with van der Waals surface area (Å²) in [5, 5.41) is 0. The van der Waals surface area contributed by atoms with Crippen LogP contribution in [0.5, 0.6) is 0 Å². The van der Waals surface area contributed by atoms with E-state index in [2.05, 4.69) is 0 Å². The van der Waals surface area contributed by atoms with Crippen LogP contribution in [-0.2, 0) is 19.0 Å². The molecule has 0 bridgehead atoms. The Morgan fingerprint density at radius 2 is 2.21 bits per heavy atom. The van der Waals surface area contributed by atoms with Gasteiger partial charge in [-0.2, -0.15) is 0 Å². The molecular formula is C10H16O4. The van der Waals surface area contributed by atoms with Crippen molar-refractivity contribution in [1.82, 2.24) is 0 Å². The summed E-state index contributed by atoms with van der Waals surface area (Å²) >= 11 is 0. The first-order valence-corrected chi connectivity index (χ1v) is 5.12. The molecule has 2 saturated heterocycles. The number of fused-ring (bicyclic) bond motifs is 1. The molecule has 0 saturated carbocycles. The van der Waals surface area contributed by atoms with E-state index in [1.54, 1.807) is 0 Å². The number of rotatable bonds is 2. The number of carbonyl (C=O) groups excluding carboxylic acids is 1. The molecule has 2 rings (SSSR count). The normalized spacial score (nSPS) is 36.1. The predicted molar refractivity (Wildman–Crippen MR) is 48.8 cm³/mol. The maximum atomic E-state index is 11.4. The standard InChI is InChI=1S/C10H16O4/c1-6(2)10(11)14-8-5-13-7-3-4-12-9(7)8/h6-9H,3-5H2,1-2H3/t7-,8+,9+/m1/s1. The molecule has 0 amide bonds. The first-order chi connectivity index (χ1) is 6.68. The SMILES string of the molecule is CC(C)C(=O)O[C@H]1CO[C@@H]2CCO[C@H]12. The second-order valence-electron chi connectivity index (χ2n) is 4.13. The second kappa shape index (κ2) is 3.87. The highest BCUT2D eigenvalue weighted by molar-refractivity contribution is 5.71. The van der Waals surface area contributed by atoms with Gasteiger partial charge in [-0.15, -0.1) is 0 Å². The monoisotopic (exact) mass is 200 g/mol. The maximum Gasteiger partial charge on any atom is 0.308 e. The van der Waals surface area contributed by atoms with Crippen LogP contribution in [0, 0.1) is 5.92 Å². The number of esters is 1. The molecule has 4 heteroatoms. The third kappa shape index (κ3) is 1.77. The summed E-state index contributed by atoms with van der Waals surface area (Å²) in [6.07, 6.45) is 0.829.